The number of ether oxygens (including phenoxy) is 1. The molecule has 0 aromatic carbocycles. The molecule has 3 unspecified atom stereocenters. The summed E-state index contributed by atoms with van der Waals surface area (Å²) < 4.78 is 5.87. The van der Waals surface area contributed by atoms with E-state index in [1.807, 2.05) is 48.6 Å². The Hall–Kier alpha value is -2.44. The number of rotatable bonds is 41. The first-order chi connectivity index (χ1) is 27.5. The van der Waals surface area contributed by atoms with Gasteiger partial charge in [-0.25, -0.2) is 0 Å². The van der Waals surface area contributed by atoms with E-state index in [4.69, 9.17) is 4.74 Å². The van der Waals surface area contributed by atoms with Gasteiger partial charge in [-0.2, -0.15) is 0 Å². The lowest BCUT2D eigenvalue weighted by molar-refractivity contribution is -0.151. The number of carbonyl (C=O) groups is 2. The summed E-state index contributed by atoms with van der Waals surface area (Å²) in [6, 6.07) is -0.723. The number of hydrogen-bond acceptors (Lipinski definition) is 5. The second-order valence-corrected chi connectivity index (χ2v) is 15.9. The Bertz CT molecular complexity index is 1010. The molecule has 3 atom stereocenters. The lowest BCUT2D eigenvalue weighted by atomic mass is 10.0. The van der Waals surface area contributed by atoms with Gasteiger partial charge in [0.05, 0.1) is 25.2 Å². The second kappa shape index (κ2) is 43.7. The summed E-state index contributed by atoms with van der Waals surface area (Å²) in [5.74, 6) is -0.546. The van der Waals surface area contributed by atoms with Crippen LogP contribution in [0.15, 0.2) is 60.8 Å². The van der Waals surface area contributed by atoms with Crippen molar-refractivity contribution in [1.29, 1.82) is 0 Å². The Morgan fingerprint density at radius 3 is 1.43 bits per heavy atom. The van der Waals surface area contributed by atoms with Crippen LogP contribution in [0.3, 0.4) is 0 Å². The van der Waals surface area contributed by atoms with Crippen molar-refractivity contribution in [3.05, 3.63) is 60.8 Å². The molecule has 0 saturated carbocycles. The van der Waals surface area contributed by atoms with Crippen LogP contribution >= 0.6 is 0 Å². The quantitative estimate of drug-likeness (QED) is 0.0326. The van der Waals surface area contributed by atoms with Crippen LogP contribution in [0.1, 0.15) is 220 Å². The zero-order chi connectivity index (χ0) is 41.0. The van der Waals surface area contributed by atoms with Crippen molar-refractivity contribution in [3.63, 3.8) is 0 Å². The lowest BCUT2D eigenvalue weighted by Crippen LogP contribution is -2.46. The van der Waals surface area contributed by atoms with Crippen LogP contribution in [0.4, 0.5) is 0 Å². The van der Waals surface area contributed by atoms with E-state index < -0.39 is 18.2 Å². The molecule has 0 saturated heterocycles. The van der Waals surface area contributed by atoms with Crippen LogP contribution in [0.2, 0.25) is 0 Å². The molecule has 6 heteroatoms. The number of carbonyl (C=O) groups excluding carboxylic acids is 2. The van der Waals surface area contributed by atoms with Crippen LogP contribution in [0.25, 0.3) is 0 Å². The molecule has 0 radical (unpaired) electrons. The third-order valence-corrected chi connectivity index (χ3v) is 10.5. The Balaban J connectivity index is 4.71. The number of esters is 1. The number of amides is 1. The number of aliphatic hydroxyl groups excluding tert-OH is 2. The van der Waals surface area contributed by atoms with Crippen LogP contribution in [-0.4, -0.2) is 46.9 Å². The number of nitrogens with one attached hydrogen (secondary N) is 1. The largest absolute Gasteiger partial charge is 0.462 e. The zero-order valence-corrected chi connectivity index (χ0v) is 36.8. The maximum Gasteiger partial charge on any atom is 0.306 e. The Labute approximate surface area is 346 Å². The fourth-order valence-corrected chi connectivity index (χ4v) is 6.93. The zero-order valence-electron chi connectivity index (χ0n) is 36.8. The average Bonchev–Trinajstić information content (AvgIpc) is 3.19. The highest BCUT2D eigenvalue weighted by Crippen LogP contribution is 2.17. The van der Waals surface area contributed by atoms with Crippen molar-refractivity contribution in [2.24, 2.45) is 0 Å². The first kappa shape index (κ1) is 53.6. The molecule has 0 rings (SSSR count). The topological polar surface area (TPSA) is 95.9 Å². The number of allylic oxidation sites excluding steroid dienone is 10. The van der Waals surface area contributed by atoms with E-state index in [2.05, 4.69) is 38.2 Å². The molecule has 6 nitrogen and oxygen atoms in total. The molecule has 1 amide bonds. The van der Waals surface area contributed by atoms with Crippen LogP contribution in [-0.2, 0) is 14.3 Å². The van der Waals surface area contributed by atoms with Crippen molar-refractivity contribution < 1.29 is 24.5 Å². The van der Waals surface area contributed by atoms with E-state index >= 15 is 0 Å². The highest BCUT2D eigenvalue weighted by Gasteiger charge is 2.24. The Kier molecular flexibility index (Phi) is 41.8. The van der Waals surface area contributed by atoms with E-state index in [0.29, 0.717) is 19.3 Å². The van der Waals surface area contributed by atoms with Gasteiger partial charge >= 0.3 is 5.97 Å². The van der Waals surface area contributed by atoms with Crippen molar-refractivity contribution in [2.75, 3.05) is 6.61 Å². The molecule has 0 aliphatic rings. The van der Waals surface area contributed by atoms with E-state index in [9.17, 15) is 19.8 Å². The summed E-state index contributed by atoms with van der Waals surface area (Å²) >= 11 is 0. The van der Waals surface area contributed by atoms with Crippen molar-refractivity contribution >= 4 is 11.9 Å². The van der Waals surface area contributed by atoms with Gasteiger partial charge in [0, 0.05) is 6.42 Å². The first-order valence-corrected chi connectivity index (χ1v) is 23.6. The summed E-state index contributed by atoms with van der Waals surface area (Å²) in [5, 5.41) is 23.6. The van der Waals surface area contributed by atoms with Gasteiger partial charge in [-0.15, -0.1) is 0 Å². The molecule has 56 heavy (non-hydrogen) atoms. The summed E-state index contributed by atoms with van der Waals surface area (Å²) in [7, 11) is 0. The molecule has 0 aromatic heterocycles. The molecular formula is C50H89NO5. The predicted octanol–water partition coefficient (Wildman–Crippen LogP) is 13.7. The lowest BCUT2D eigenvalue weighted by Gasteiger charge is -2.24. The molecule has 3 N–H and O–H groups in total. The van der Waals surface area contributed by atoms with Crippen LogP contribution in [0, 0.1) is 0 Å². The molecule has 0 aliphatic heterocycles. The maximum absolute atomic E-state index is 13.1. The van der Waals surface area contributed by atoms with Gasteiger partial charge in [-0.1, -0.05) is 229 Å². The second-order valence-electron chi connectivity index (χ2n) is 15.9. The first-order valence-electron chi connectivity index (χ1n) is 23.6. The summed E-state index contributed by atoms with van der Waals surface area (Å²) in [6.45, 7) is 6.30. The third kappa shape index (κ3) is 38.4. The van der Waals surface area contributed by atoms with Gasteiger partial charge in [-0.3, -0.25) is 9.59 Å². The number of hydrogen-bond donors (Lipinski definition) is 3. The molecule has 0 aliphatic carbocycles. The van der Waals surface area contributed by atoms with E-state index in [1.165, 1.54) is 116 Å². The van der Waals surface area contributed by atoms with Crippen LogP contribution < -0.4 is 5.32 Å². The molecular weight excluding hydrogens is 695 g/mol. The SMILES string of the molecule is CC/C=C/C=C/C=C\C=C/C=C/CCCC(CC(=O)NC(CO)C(O)CCCCCCCCCCCCCC)OC(=O)CCCCCCCCCCCCCC. The van der Waals surface area contributed by atoms with Gasteiger partial charge in [0.25, 0.3) is 0 Å². The van der Waals surface area contributed by atoms with Crippen LogP contribution in [0.5, 0.6) is 0 Å². The summed E-state index contributed by atoms with van der Waals surface area (Å²) in [5.41, 5.74) is 0. The summed E-state index contributed by atoms with van der Waals surface area (Å²) in [4.78, 5) is 26.0. The monoisotopic (exact) mass is 784 g/mol. The Morgan fingerprint density at radius 2 is 0.964 bits per heavy atom. The van der Waals surface area contributed by atoms with Gasteiger partial charge in [0.2, 0.25) is 5.91 Å². The molecule has 324 valence electrons. The van der Waals surface area contributed by atoms with Gasteiger partial charge in [-0.05, 0) is 38.5 Å². The molecule has 0 bridgehead atoms. The molecule has 0 fully saturated rings. The van der Waals surface area contributed by atoms with Gasteiger partial charge in [0.15, 0.2) is 0 Å². The van der Waals surface area contributed by atoms with Crippen molar-refractivity contribution in [1.82, 2.24) is 5.32 Å². The highest BCUT2D eigenvalue weighted by atomic mass is 16.5. The Morgan fingerprint density at radius 1 is 0.536 bits per heavy atom. The molecule has 0 spiro atoms. The fraction of sp³-hybridized carbons (Fsp3) is 0.760. The maximum atomic E-state index is 13.1. The highest BCUT2D eigenvalue weighted by molar-refractivity contribution is 5.77. The normalized spacial score (nSPS) is 13.9. The van der Waals surface area contributed by atoms with Gasteiger partial charge in [0.1, 0.15) is 6.10 Å². The molecule has 0 heterocycles. The number of aliphatic hydroxyl groups is 2. The van der Waals surface area contributed by atoms with Gasteiger partial charge < -0.3 is 20.3 Å². The van der Waals surface area contributed by atoms with E-state index in [-0.39, 0.29) is 24.9 Å². The van der Waals surface area contributed by atoms with Crippen molar-refractivity contribution in [3.8, 4) is 0 Å². The predicted molar refractivity (Wildman–Crippen MR) is 241 cm³/mol. The minimum absolute atomic E-state index is 0.0291. The average molecular weight is 784 g/mol. The van der Waals surface area contributed by atoms with E-state index in [0.717, 1.165) is 57.8 Å². The molecule has 0 aromatic rings. The van der Waals surface area contributed by atoms with E-state index in [1.54, 1.807) is 0 Å². The number of unbranched alkanes of at least 4 members (excludes halogenated alkanes) is 23. The third-order valence-electron chi connectivity index (χ3n) is 10.5. The minimum Gasteiger partial charge on any atom is -0.462 e. The minimum atomic E-state index is -0.805. The summed E-state index contributed by atoms with van der Waals surface area (Å²) in [6.07, 6.45) is 52.8. The fourth-order valence-electron chi connectivity index (χ4n) is 6.93. The van der Waals surface area contributed by atoms with Crippen molar-refractivity contribution in [2.45, 2.75) is 238 Å². The smallest absolute Gasteiger partial charge is 0.306 e. The standard InChI is InChI=1S/C50H89NO5/c1-4-7-10-13-16-19-22-25-26-29-32-35-38-41-46(56-50(55)43-40-37-34-31-28-24-21-18-15-12-9-6-3)44-49(54)51-47(45-52)48(53)42-39-36-33-30-27-23-20-17-14-11-8-5-2/h7,10,13,16,19,22,25-26,29,32,46-48,52-53H,4-6,8-9,11-12,14-15,17-18,20-21,23-24,27-28,30-31,33-45H2,1-3H3,(H,51,54)/b10-7+,16-13+,22-19-,26-25-,32-29+.